The molecule has 1 atom stereocenters. The number of guanidine groups is 1. The van der Waals surface area contributed by atoms with E-state index in [0.717, 1.165) is 40.8 Å². The molecule has 1 aliphatic rings. The lowest BCUT2D eigenvalue weighted by atomic mass is 10.2. The van der Waals surface area contributed by atoms with Crippen LogP contribution in [0.2, 0.25) is 0 Å². The number of anilines is 1. The minimum Gasteiger partial charge on any atom is -0.368 e. The average molecular weight is 529 g/mol. The minimum absolute atomic E-state index is 0. The second-order valence-corrected chi connectivity index (χ2v) is 8.00. The molecule has 0 spiro atoms. The maximum Gasteiger partial charge on any atom is 0.253 e. The third-order valence-corrected chi connectivity index (χ3v) is 5.59. The molecule has 3 N–H and O–H groups in total. The molecule has 7 nitrogen and oxygen atoms in total. The van der Waals surface area contributed by atoms with E-state index in [1.54, 1.807) is 18.4 Å². The Morgan fingerprint density at radius 1 is 1.31 bits per heavy atom. The molecule has 1 aliphatic heterocycles. The van der Waals surface area contributed by atoms with Gasteiger partial charge >= 0.3 is 0 Å². The van der Waals surface area contributed by atoms with E-state index >= 15 is 0 Å². The van der Waals surface area contributed by atoms with Crippen LogP contribution in [0, 0.1) is 13.8 Å². The maximum absolute atomic E-state index is 12.2. The summed E-state index contributed by atoms with van der Waals surface area (Å²) in [4.78, 5) is 22.1. The van der Waals surface area contributed by atoms with Crippen LogP contribution in [0.5, 0.6) is 0 Å². The smallest absolute Gasteiger partial charge is 0.253 e. The van der Waals surface area contributed by atoms with Gasteiger partial charge in [0, 0.05) is 30.8 Å². The number of hydrogen-bond donors (Lipinski definition) is 3. The number of hydrogen-bond acceptors (Lipinski definition) is 5. The van der Waals surface area contributed by atoms with Crippen LogP contribution in [-0.4, -0.2) is 36.6 Å². The van der Waals surface area contributed by atoms with Gasteiger partial charge in [-0.05, 0) is 44.4 Å². The number of nitrogens with one attached hydrogen (secondary N) is 3. The summed E-state index contributed by atoms with van der Waals surface area (Å²) in [7, 11) is 1.75. The Balaban J connectivity index is 0.00000300. The molecule has 0 aliphatic carbocycles. The van der Waals surface area contributed by atoms with Crippen molar-refractivity contribution in [1.29, 1.82) is 0 Å². The minimum atomic E-state index is -0.330. The number of aromatic nitrogens is 1. The van der Waals surface area contributed by atoms with Crippen LogP contribution in [-0.2, 0) is 22.6 Å². The lowest BCUT2D eigenvalue weighted by molar-refractivity contribution is -0.124. The first-order valence-electron chi connectivity index (χ1n) is 9.44. The van der Waals surface area contributed by atoms with Gasteiger partial charge in [-0.1, -0.05) is 12.1 Å². The first kappa shape index (κ1) is 23.6. The summed E-state index contributed by atoms with van der Waals surface area (Å²) in [5.74, 6) is 0.648. The predicted molar refractivity (Wildman–Crippen MR) is 128 cm³/mol. The summed E-state index contributed by atoms with van der Waals surface area (Å²) >= 11 is 1.69. The zero-order valence-electron chi connectivity index (χ0n) is 16.9. The van der Waals surface area contributed by atoms with E-state index in [0.29, 0.717) is 19.7 Å². The van der Waals surface area contributed by atoms with Gasteiger partial charge in [0.2, 0.25) is 0 Å². The molecule has 1 saturated heterocycles. The van der Waals surface area contributed by atoms with E-state index in [9.17, 15) is 4.79 Å². The van der Waals surface area contributed by atoms with Crippen molar-refractivity contribution in [3.63, 3.8) is 0 Å². The molecule has 158 valence electrons. The molecule has 1 aromatic carbocycles. The highest BCUT2D eigenvalue weighted by Gasteiger charge is 2.23. The Bertz CT molecular complexity index is 849. The molecule has 2 heterocycles. The summed E-state index contributed by atoms with van der Waals surface area (Å²) in [6.45, 7) is 5.99. The van der Waals surface area contributed by atoms with Crippen LogP contribution in [0.1, 0.15) is 34.0 Å². The molecule has 1 aromatic heterocycles. The number of thiazole rings is 1. The van der Waals surface area contributed by atoms with Gasteiger partial charge < -0.3 is 20.7 Å². The molecule has 2 aromatic rings. The Hall–Kier alpha value is -1.72. The maximum atomic E-state index is 12.2. The van der Waals surface area contributed by atoms with Crippen molar-refractivity contribution in [3.8, 4) is 0 Å². The summed E-state index contributed by atoms with van der Waals surface area (Å²) in [5, 5.41) is 10.6. The van der Waals surface area contributed by atoms with Crippen LogP contribution in [0.4, 0.5) is 5.69 Å². The summed E-state index contributed by atoms with van der Waals surface area (Å²) in [6, 6.07) is 7.79. The normalized spacial score (nSPS) is 16.2. The second-order valence-electron chi connectivity index (χ2n) is 6.71. The monoisotopic (exact) mass is 529 g/mol. The predicted octanol–water partition coefficient (Wildman–Crippen LogP) is 3.36. The number of nitrogens with zero attached hydrogens (tertiary/aromatic N) is 2. The van der Waals surface area contributed by atoms with E-state index < -0.39 is 0 Å². The van der Waals surface area contributed by atoms with Gasteiger partial charge in [0.25, 0.3) is 5.91 Å². The number of carbonyl (C=O) groups excluding carboxylic acids is 1. The molecule has 9 heteroatoms. The van der Waals surface area contributed by atoms with Gasteiger partial charge in [0.1, 0.15) is 6.10 Å². The summed E-state index contributed by atoms with van der Waals surface area (Å²) in [5.41, 5.74) is 2.89. The number of aliphatic imine (C=N–C) groups is 1. The average Bonchev–Trinajstić information content (AvgIpc) is 3.32. The lowest BCUT2D eigenvalue weighted by Gasteiger charge is -2.13. The summed E-state index contributed by atoms with van der Waals surface area (Å²) in [6.07, 6.45) is 1.39. The number of carbonyl (C=O) groups is 1. The molecule has 0 bridgehead atoms. The van der Waals surface area contributed by atoms with Gasteiger partial charge in [-0.15, -0.1) is 35.3 Å². The number of rotatable bonds is 6. The Morgan fingerprint density at radius 2 is 2.10 bits per heavy atom. The SMILES string of the molecule is CN=C(NCc1cccc(NC(=O)C2CCCO2)c1)NCc1sc(C)nc1C.I. The molecular weight excluding hydrogens is 501 g/mol. The Morgan fingerprint density at radius 3 is 2.76 bits per heavy atom. The van der Waals surface area contributed by atoms with Crippen molar-refractivity contribution in [2.24, 2.45) is 4.99 Å². The van der Waals surface area contributed by atoms with Gasteiger partial charge in [-0.25, -0.2) is 4.98 Å². The van der Waals surface area contributed by atoms with Crippen molar-refractivity contribution < 1.29 is 9.53 Å². The van der Waals surface area contributed by atoms with Crippen LogP contribution < -0.4 is 16.0 Å². The highest BCUT2D eigenvalue weighted by Crippen LogP contribution is 2.17. The van der Waals surface area contributed by atoms with Crippen LogP contribution >= 0.6 is 35.3 Å². The fourth-order valence-electron chi connectivity index (χ4n) is 3.07. The molecule has 1 amide bonds. The van der Waals surface area contributed by atoms with E-state index in [-0.39, 0.29) is 36.0 Å². The third kappa shape index (κ3) is 6.93. The van der Waals surface area contributed by atoms with Crippen LogP contribution in [0.3, 0.4) is 0 Å². The second kappa shape index (κ2) is 11.5. The van der Waals surface area contributed by atoms with Crippen molar-refractivity contribution in [2.45, 2.75) is 45.9 Å². The first-order valence-corrected chi connectivity index (χ1v) is 10.3. The first-order chi connectivity index (χ1) is 13.5. The van der Waals surface area contributed by atoms with Crippen LogP contribution in [0.25, 0.3) is 0 Å². The van der Waals surface area contributed by atoms with E-state index in [2.05, 4.69) is 25.9 Å². The number of halogens is 1. The molecular formula is C20H28IN5O2S. The van der Waals surface area contributed by atoms with Gasteiger partial charge in [-0.2, -0.15) is 0 Å². The number of aryl methyl sites for hydroxylation is 2. The largest absolute Gasteiger partial charge is 0.368 e. The molecule has 29 heavy (non-hydrogen) atoms. The van der Waals surface area contributed by atoms with Gasteiger partial charge in [0.15, 0.2) is 5.96 Å². The van der Waals surface area contributed by atoms with Crippen molar-refractivity contribution in [2.75, 3.05) is 19.0 Å². The fourth-order valence-corrected chi connectivity index (χ4v) is 3.95. The van der Waals surface area contributed by atoms with Gasteiger partial charge in [-0.3, -0.25) is 9.79 Å². The number of ether oxygens (including phenoxy) is 1. The van der Waals surface area contributed by atoms with E-state index in [4.69, 9.17) is 4.74 Å². The number of benzene rings is 1. The standard InChI is InChI=1S/C20H27N5O2S.HI/c1-13-18(28-14(2)24-13)12-23-20(21-3)22-11-15-6-4-7-16(10-15)25-19(26)17-8-5-9-27-17;/h4,6-7,10,17H,5,8-9,11-12H2,1-3H3,(H,25,26)(H2,21,22,23);1H. The summed E-state index contributed by atoms with van der Waals surface area (Å²) < 4.78 is 5.43. The Labute approximate surface area is 192 Å². The van der Waals surface area contributed by atoms with Gasteiger partial charge in [0.05, 0.1) is 17.2 Å². The lowest BCUT2D eigenvalue weighted by Crippen LogP contribution is -2.36. The highest BCUT2D eigenvalue weighted by molar-refractivity contribution is 14.0. The zero-order valence-corrected chi connectivity index (χ0v) is 20.1. The third-order valence-electron chi connectivity index (χ3n) is 4.52. The molecule has 1 fully saturated rings. The molecule has 1 unspecified atom stereocenters. The topological polar surface area (TPSA) is 87.6 Å². The van der Waals surface area contributed by atoms with Crippen molar-refractivity contribution >= 4 is 52.9 Å². The number of amides is 1. The molecule has 3 rings (SSSR count). The highest BCUT2D eigenvalue weighted by atomic mass is 127. The Kier molecular flexibility index (Phi) is 9.31. The molecule has 0 saturated carbocycles. The quantitative estimate of drug-likeness (QED) is 0.304. The van der Waals surface area contributed by atoms with E-state index in [1.165, 1.54) is 4.88 Å². The fraction of sp³-hybridized carbons (Fsp3) is 0.450. The zero-order chi connectivity index (χ0) is 19.9. The molecule has 0 radical (unpaired) electrons. The van der Waals surface area contributed by atoms with Crippen LogP contribution in [0.15, 0.2) is 29.3 Å². The van der Waals surface area contributed by atoms with E-state index in [1.807, 2.05) is 38.1 Å². The van der Waals surface area contributed by atoms with Crippen molar-refractivity contribution in [1.82, 2.24) is 15.6 Å². The van der Waals surface area contributed by atoms with Crippen molar-refractivity contribution in [3.05, 3.63) is 45.4 Å².